The minimum Gasteiger partial charge on any atom is -0.361 e. The van der Waals surface area contributed by atoms with E-state index in [0.717, 1.165) is 54.4 Å². The van der Waals surface area contributed by atoms with Crippen molar-refractivity contribution >= 4 is 17.5 Å². The number of carbonyl (C=O) groups excluding carboxylic acids is 1. The quantitative estimate of drug-likeness (QED) is 0.833. The summed E-state index contributed by atoms with van der Waals surface area (Å²) in [6.07, 6.45) is 3.67. The van der Waals surface area contributed by atoms with Gasteiger partial charge in [0.25, 0.3) is 0 Å². The van der Waals surface area contributed by atoms with Gasteiger partial charge in [-0.3, -0.25) is 4.79 Å². The van der Waals surface area contributed by atoms with Crippen LogP contribution < -0.4 is 0 Å². The molecule has 0 bridgehead atoms. The first-order valence-corrected chi connectivity index (χ1v) is 8.87. The zero-order valence-corrected chi connectivity index (χ0v) is 15.0. The SMILES string of the molecule is Cc1noc(C)c1CC(=O)N1CCCCC(c2ccc(Cl)cc2)C1. The molecule has 128 valence electrons. The summed E-state index contributed by atoms with van der Waals surface area (Å²) < 4.78 is 5.18. The second kappa shape index (κ2) is 7.39. The molecule has 1 aliphatic heterocycles. The average molecular weight is 347 g/mol. The molecule has 0 saturated carbocycles. The minimum absolute atomic E-state index is 0.158. The lowest BCUT2D eigenvalue weighted by atomic mass is 9.94. The fourth-order valence-corrected chi connectivity index (χ4v) is 3.52. The molecular weight excluding hydrogens is 324 g/mol. The fourth-order valence-electron chi connectivity index (χ4n) is 3.39. The third-order valence-electron chi connectivity index (χ3n) is 4.87. The molecule has 1 aromatic heterocycles. The highest BCUT2D eigenvalue weighted by Gasteiger charge is 2.24. The maximum absolute atomic E-state index is 12.8. The van der Waals surface area contributed by atoms with Crippen molar-refractivity contribution in [1.82, 2.24) is 10.1 Å². The first-order valence-electron chi connectivity index (χ1n) is 8.49. The van der Waals surface area contributed by atoms with Crippen LogP contribution in [0.1, 0.15) is 47.8 Å². The van der Waals surface area contributed by atoms with E-state index >= 15 is 0 Å². The Labute approximate surface area is 147 Å². The molecule has 0 radical (unpaired) electrons. The van der Waals surface area contributed by atoms with Crippen LogP contribution in [0.15, 0.2) is 28.8 Å². The van der Waals surface area contributed by atoms with Gasteiger partial charge in [0.05, 0.1) is 12.1 Å². The molecule has 1 aliphatic rings. The number of aryl methyl sites for hydroxylation is 2. The molecule has 24 heavy (non-hydrogen) atoms. The van der Waals surface area contributed by atoms with Crippen molar-refractivity contribution in [3.05, 3.63) is 51.9 Å². The Hall–Kier alpha value is -1.81. The first-order chi connectivity index (χ1) is 11.5. The van der Waals surface area contributed by atoms with Crippen molar-refractivity contribution in [3.63, 3.8) is 0 Å². The molecule has 2 aromatic rings. The highest BCUT2D eigenvalue weighted by atomic mass is 35.5. The second-order valence-electron chi connectivity index (χ2n) is 6.56. The van der Waals surface area contributed by atoms with E-state index < -0.39 is 0 Å². The molecule has 3 rings (SSSR count). The highest BCUT2D eigenvalue weighted by molar-refractivity contribution is 6.30. The summed E-state index contributed by atoms with van der Waals surface area (Å²) >= 11 is 5.99. The predicted octanol–water partition coefficient (Wildman–Crippen LogP) is 4.28. The number of likely N-dealkylation sites (tertiary alicyclic amines) is 1. The number of halogens is 1. The summed E-state index contributed by atoms with van der Waals surface area (Å²) in [6.45, 7) is 5.34. The Morgan fingerprint density at radius 2 is 2.04 bits per heavy atom. The number of rotatable bonds is 3. The molecule has 2 heterocycles. The summed E-state index contributed by atoms with van der Waals surface area (Å²) in [6, 6.07) is 8.01. The van der Waals surface area contributed by atoms with Crippen molar-refractivity contribution in [1.29, 1.82) is 0 Å². The number of amides is 1. The topological polar surface area (TPSA) is 46.3 Å². The molecule has 1 fully saturated rings. The van der Waals surface area contributed by atoms with Gasteiger partial charge in [0, 0.05) is 29.6 Å². The molecule has 1 atom stereocenters. The van der Waals surface area contributed by atoms with Gasteiger partial charge in [0.1, 0.15) is 5.76 Å². The Bertz CT molecular complexity index is 689. The minimum atomic E-state index is 0.158. The van der Waals surface area contributed by atoms with Crippen molar-refractivity contribution < 1.29 is 9.32 Å². The number of carbonyl (C=O) groups is 1. The summed E-state index contributed by atoms with van der Waals surface area (Å²) in [7, 11) is 0. The van der Waals surface area contributed by atoms with Crippen LogP contribution in [0, 0.1) is 13.8 Å². The lowest BCUT2D eigenvalue weighted by Crippen LogP contribution is -2.35. The number of hydrogen-bond donors (Lipinski definition) is 0. The number of benzene rings is 1. The third kappa shape index (κ3) is 3.81. The second-order valence-corrected chi connectivity index (χ2v) is 7.00. The van der Waals surface area contributed by atoms with Crippen LogP contribution in [-0.2, 0) is 11.2 Å². The van der Waals surface area contributed by atoms with Crippen molar-refractivity contribution in [2.45, 2.75) is 45.4 Å². The average Bonchev–Trinajstić information content (AvgIpc) is 2.79. The van der Waals surface area contributed by atoms with Crippen LogP contribution in [0.3, 0.4) is 0 Å². The van der Waals surface area contributed by atoms with E-state index in [-0.39, 0.29) is 5.91 Å². The Morgan fingerprint density at radius 1 is 1.29 bits per heavy atom. The number of aromatic nitrogens is 1. The normalized spacial score (nSPS) is 18.5. The summed E-state index contributed by atoms with van der Waals surface area (Å²) in [5.74, 6) is 1.27. The van der Waals surface area contributed by atoms with E-state index in [9.17, 15) is 4.79 Å². The van der Waals surface area contributed by atoms with Crippen molar-refractivity contribution in [2.75, 3.05) is 13.1 Å². The van der Waals surface area contributed by atoms with E-state index in [1.807, 2.05) is 30.9 Å². The van der Waals surface area contributed by atoms with E-state index in [0.29, 0.717) is 12.3 Å². The Morgan fingerprint density at radius 3 is 2.71 bits per heavy atom. The zero-order chi connectivity index (χ0) is 17.1. The molecule has 1 saturated heterocycles. The zero-order valence-electron chi connectivity index (χ0n) is 14.2. The van der Waals surface area contributed by atoms with Gasteiger partial charge < -0.3 is 9.42 Å². The van der Waals surface area contributed by atoms with E-state index in [1.165, 1.54) is 5.56 Å². The van der Waals surface area contributed by atoms with Crippen LogP contribution in [-0.4, -0.2) is 29.1 Å². The Kier molecular flexibility index (Phi) is 5.24. The number of nitrogens with zero attached hydrogens (tertiary/aromatic N) is 2. The van der Waals surface area contributed by atoms with E-state index in [1.54, 1.807) is 0 Å². The molecule has 1 unspecified atom stereocenters. The lowest BCUT2D eigenvalue weighted by molar-refractivity contribution is -0.130. The summed E-state index contributed by atoms with van der Waals surface area (Å²) in [5.41, 5.74) is 2.99. The van der Waals surface area contributed by atoms with Crippen LogP contribution in [0.4, 0.5) is 0 Å². The van der Waals surface area contributed by atoms with Crippen LogP contribution in [0.25, 0.3) is 0 Å². The molecule has 1 aromatic carbocycles. The molecule has 4 nitrogen and oxygen atoms in total. The van der Waals surface area contributed by atoms with Crippen LogP contribution >= 0.6 is 11.6 Å². The van der Waals surface area contributed by atoms with Crippen LogP contribution in [0.5, 0.6) is 0 Å². The Balaban J connectivity index is 1.72. The molecule has 0 aliphatic carbocycles. The standard InChI is InChI=1S/C19H23ClN2O2/c1-13-18(14(2)24-21-13)11-19(23)22-10-4-3-5-16(12-22)15-6-8-17(20)9-7-15/h6-9,16H,3-5,10-12H2,1-2H3. The van der Waals surface area contributed by atoms with Gasteiger partial charge in [-0.15, -0.1) is 0 Å². The van der Waals surface area contributed by atoms with Gasteiger partial charge >= 0.3 is 0 Å². The molecular formula is C19H23ClN2O2. The van der Waals surface area contributed by atoms with Gasteiger partial charge in [0.15, 0.2) is 0 Å². The molecule has 0 N–H and O–H groups in total. The highest BCUT2D eigenvalue weighted by Crippen LogP contribution is 2.28. The smallest absolute Gasteiger partial charge is 0.227 e. The fraction of sp³-hybridized carbons (Fsp3) is 0.474. The van der Waals surface area contributed by atoms with Gasteiger partial charge in [-0.05, 0) is 44.4 Å². The van der Waals surface area contributed by atoms with Gasteiger partial charge in [-0.1, -0.05) is 35.3 Å². The molecule has 0 spiro atoms. The van der Waals surface area contributed by atoms with E-state index in [2.05, 4.69) is 17.3 Å². The largest absolute Gasteiger partial charge is 0.361 e. The third-order valence-corrected chi connectivity index (χ3v) is 5.13. The van der Waals surface area contributed by atoms with Gasteiger partial charge in [-0.25, -0.2) is 0 Å². The molecule has 1 amide bonds. The molecule has 5 heteroatoms. The van der Waals surface area contributed by atoms with Gasteiger partial charge in [-0.2, -0.15) is 0 Å². The van der Waals surface area contributed by atoms with E-state index in [4.69, 9.17) is 16.1 Å². The van der Waals surface area contributed by atoms with Crippen molar-refractivity contribution in [3.8, 4) is 0 Å². The van der Waals surface area contributed by atoms with Crippen molar-refractivity contribution in [2.24, 2.45) is 0 Å². The maximum atomic E-state index is 12.8. The predicted molar refractivity (Wildman–Crippen MR) is 94.3 cm³/mol. The summed E-state index contributed by atoms with van der Waals surface area (Å²) in [5, 5.41) is 4.69. The first kappa shape index (κ1) is 17.0. The van der Waals surface area contributed by atoms with Crippen LogP contribution in [0.2, 0.25) is 5.02 Å². The van der Waals surface area contributed by atoms with Gasteiger partial charge in [0.2, 0.25) is 5.91 Å². The monoisotopic (exact) mass is 346 g/mol. The number of hydrogen-bond acceptors (Lipinski definition) is 3. The maximum Gasteiger partial charge on any atom is 0.227 e. The summed E-state index contributed by atoms with van der Waals surface area (Å²) in [4.78, 5) is 14.8. The lowest BCUT2D eigenvalue weighted by Gasteiger charge is -2.25.